The van der Waals surface area contributed by atoms with Gasteiger partial charge >= 0.3 is 0 Å². The molecule has 0 unspecified atom stereocenters. The van der Waals surface area contributed by atoms with Crippen LogP contribution in [0.2, 0.25) is 0 Å². The Balaban J connectivity index is 1.55. The summed E-state index contributed by atoms with van der Waals surface area (Å²) in [5.74, 6) is 1.54. The number of thioether (sulfide) groups is 1. The number of aryl methyl sites for hydroxylation is 1. The molecule has 1 saturated heterocycles. The van der Waals surface area contributed by atoms with E-state index in [4.69, 9.17) is 0 Å². The highest BCUT2D eigenvalue weighted by atomic mass is 32.2. The minimum Gasteiger partial charge on any atom is -0.341 e. The first-order chi connectivity index (χ1) is 12.6. The van der Waals surface area contributed by atoms with Crippen LogP contribution in [-0.2, 0) is 0 Å². The summed E-state index contributed by atoms with van der Waals surface area (Å²) >= 11 is 1.79. The van der Waals surface area contributed by atoms with Gasteiger partial charge in [0, 0.05) is 36.3 Å². The van der Waals surface area contributed by atoms with Crippen LogP contribution in [-0.4, -0.2) is 43.2 Å². The van der Waals surface area contributed by atoms with Gasteiger partial charge in [0.25, 0.3) is 5.91 Å². The van der Waals surface area contributed by atoms with E-state index in [1.807, 2.05) is 24.1 Å². The Morgan fingerprint density at radius 1 is 1.23 bits per heavy atom. The summed E-state index contributed by atoms with van der Waals surface area (Å²) in [7, 11) is 1.90. The molecule has 26 heavy (non-hydrogen) atoms. The molecule has 3 nitrogen and oxygen atoms in total. The lowest BCUT2D eigenvalue weighted by atomic mass is 9.90. The van der Waals surface area contributed by atoms with Crippen LogP contribution in [0.4, 0.5) is 0 Å². The minimum absolute atomic E-state index is 0.111. The number of piperidine rings is 1. The van der Waals surface area contributed by atoms with E-state index < -0.39 is 0 Å². The van der Waals surface area contributed by atoms with Crippen LogP contribution in [0.5, 0.6) is 0 Å². The lowest BCUT2D eigenvalue weighted by Gasteiger charge is -2.24. The molecule has 1 atom stereocenters. The molecule has 1 aliphatic heterocycles. The fourth-order valence-corrected chi connectivity index (χ4v) is 4.25. The van der Waals surface area contributed by atoms with Crippen LogP contribution in [0.25, 0.3) is 0 Å². The Kier molecular flexibility index (Phi) is 6.75. The molecule has 1 heterocycles. The molecule has 0 spiro atoms. The molecule has 4 heteroatoms. The summed E-state index contributed by atoms with van der Waals surface area (Å²) in [6.07, 6.45) is 2.41. The van der Waals surface area contributed by atoms with Crippen LogP contribution in [0.1, 0.15) is 40.2 Å². The maximum Gasteiger partial charge on any atom is 0.253 e. The van der Waals surface area contributed by atoms with Crippen molar-refractivity contribution < 1.29 is 4.79 Å². The fraction of sp³-hybridized carbons (Fsp3) is 0.409. The molecule has 2 aromatic rings. The van der Waals surface area contributed by atoms with Gasteiger partial charge in [-0.2, -0.15) is 0 Å². The lowest BCUT2D eigenvalue weighted by Crippen LogP contribution is -2.30. The standard InChI is InChI=1S/C22H28N2OS/c1-17-8-10-21(11-9-17)26-14-13-24(2)22(25)19-6-3-5-18(15-19)20-7-4-12-23-16-20/h3,5-6,8-11,15,20,23H,4,7,12-14,16H2,1-2H3/t20-/m1/s1. The van der Waals surface area contributed by atoms with E-state index in [-0.39, 0.29) is 5.91 Å². The second kappa shape index (κ2) is 9.24. The van der Waals surface area contributed by atoms with Crippen molar-refractivity contribution >= 4 is 17.7 Å². The van der Waals surface area contributed by atoms with Crippen molar-refractivity contribution in [2.75, 3.05) is 32.4 Å². The summed E-state index contributed by atoms with van der Waals surface area (Å²) < 4.78 is 0. The van der Waals surface area contributed by atoms with E-state index in [2.05, 4.69) is 48.6 Å². The highest BCUT2D eigenvalue weighted by Gasteiger charge is 2.17. The first-order valence-electron chi connectivity index (χ1n) is 9.39. The SMILES string of the molecule is Cc1ccc(SCCN(C)C(=O)c2cccc([C@@H]3CCCNC3)c2)cc1. The zero-order valence-electron chi connectivity index (χ0n) is 15.7. The van der Waals surface area contributed by atoms with Crippen molar-refractivity contribution in [1.29, 1.82) is 0 Å². The van der Waals surface area contributed by atoms with E-state index in [1.165, 1.54) is 28.9 Å². The van der Waals surface area contributed by atoms with Crippen LogP contribution in [0, 0.1) is 6.92 Å². The van der Waals surface area contributed by atoms with Crippen molar-refractivity contribution in [3.63, 3.8) is 0 Å². The summed E-state index contributed by atoms with van der Waals surface area (Å²) in [4.78, 5) is 15.9. The third-order valence-electron chi connectivity index (χ3n) is 4.96. The van der Waals surface area contributed by atoms with Gasteiger partial charge in [-0.05, 0) is 62.1 Å². The zero-order valence-corrected chi connectivity index (χ0v) is 16.5. The number of rotatable bonds is 6. The zero-order chi connectivity index (χ0) is 18.4. The van der Waals surface area contributed by atoms with Gasteiger partial charge in [0.1, 0.15) is 0 Å². The van der Waals surface area contributed by atoms with Gasteiger partial charge in [0.05, 0.1) is 0 Å². The highest BCUT2D eigenvalue weighted by Crippen LogP contribution is 2.24. The van der Waals surface area contributed by atoms with Gasteiger partial charge in [-0.25, -0.2) is 0 Å². The molecule has 0 aromatic heterocycles. The molecule has 0 aliphatic carbocycles. The molecule has 1 aliphatic rings. The van der Waals surface area contributed by atoms with E-state index >= 15 is 0 Å². The normalized spacial score (nSPS) is 17.1. The number of nitrogens with zero attached hydrogens (tertiary/aromatic N) is 1. The van der Waals surface area contributed by atoms with Crippen molar-refractivity contribution in [2.24, 2.45) is 0 Å². The number of carbonyl (C=O) groups excluding carboxylic acids is 1. The molecular weight excluding hydrogens is 340 g/mol. The van der Waals surface area contributed by atoms with Crippen LogP contribution < -0.4 is 5.32 Å². The van der Waals surface area contributed by atoms with Gasteiger partial charge in [0.2, 0.25) is 0 Å². The van der Waals surface area contributed by atoms with Crippen LogP contribution in [0.15, 0.2) is 53.4 Å². The summed E-state index contributed by atoms with van der Waals surface area (Å²) in [5, 5.41) is 3.45. The van der Waals surface area contributed by atoms with Crippen LogP contribution in [0.3, 0.4) is 0 Å². The Bertz CT molecular complexity index is 723. The maximum atomic E-state index is 12.8. The molecule has 1 amide bonds. The molecular formula is C22H28N2OS. The number of benzene rings is 2. The summed E-state index contributed by atoms with van der Waals surface area (Å²) in [6.45, 7) is 4.96. The fourth-order valence-electron chi connectivity index (χ4n) is 3.32. The molecule has 0 saturated carbocycles. The number of carbonyl (C=O) groups is 1. The number of hydrogen-bond donors (Lipinski definition) is 1. The first-order valence-corrected chi connectivity index (χ1v) is 10.4. The Hall–Kier alpha value is -1.78. The van der Waals surface area contributed by atoms with Gasteiger partial charge in [-0.1, -0.05) is 29.8 Å². The lowest BCUT2D eigenvalue weighted by molar-refractivity contribution is 0.0803. The average molecular weight is 369 g/mol. The largest absolute Gasteiger partial charge is 0.341 e. The maximum absolute atomic E-state index is 12.8. The quantitative estimate of drug-likeness (QED) is 0.771. The molecule has 1 fully saturated rings. The molecule has 0 bridgehead atoms. The summed E-state index contributed by atoms with van der Waals surface area (Å²) in [5.41, 5.74) is 3.36. The van der Waals surface area contributed by atoms with Crippen molar-refractivity contribution in [1.82, 2.24) is 10.2 Å². The Morgan fingerprint density at radius 3 is 2.77 bits per heavy atom. The second-order valence-electron chi connectivity index (χ2n) is 7.06. The number of amides is 1. The van der Waals surface area contributed by atoms with Crippen molar-refractivity contribution in [3.8, 4) is 0 Å². The van der Waals surface area contributed by atoms with Crippen molar-refractivity contribution in [2.45, 2.75) is 30.6 Å². The molecule has 1 N–H and O–H groups in total. The molecule has 2 aromatic carbocycles. The van der Waals surface area contributed by atoms with Gasteiger partial charge in [-0.15, -0.1) is 11.8 Å². The van der Waals surface area contributed by atoms with Gasteiger partial charge in [-0.3, -0.25) is 4.79 Å². The van der Waals surface area contributed by atoms with E-state index in [9.17, 15) is 4.79 Å². The predicted octanol–water partition coefficient (Wildman–Crippen LogP) is 4.33. The number of hydrogen-bond acceptors (Lipinski definition) is 3. The molecule has 138 valence electrons. The van der Waals surface area contributed by atoms with Gasteiger partial charge < -0.3 is 10.2 Å². The van der Waals surface area contributed by atoms with Crippen LogP contribution >= 0.6 is 11.8 Å². The van der Waals surface area contributed by atoms with Gasteiger partial charge in [0.15, 0.2) is 0 Å². The Morgan fingerprint density at radius 2 is 2.04 bits per heavy atom. The Labute approximate surface area is 161 Å². The first kappa shape index (κ1) is 19.0. The smallest absolute Gasteiger partial charge is 0.253 e. The average Bonchev–Trinajstić information content (AvgIpc) is 2.69. The highest BCUT2D eigenvalue weighted by molar-refractivity contribution is 7.99. The predicted molar refractivity (Wildman–Crippen MR) is 110 cm³/mol. The van der Waals surface area contributed by atoms with E-state index in [0.717, 1.165) is 31.0 Å². The van der Waals surface area contributed by atoms with E-state index in [1.54, 1.807) is 11.8 Å². The summed E-state index contributed by atoms with van der Waals surface area (Å²) in [6, 6.07) is 16.7. The monoisotopic (exact) mass is 368 g/mol. The number of nitrogens with one attached hydrogen (secondary N) is 1. The third kappa shape index (κ3) is 5.12. The third-order valence-corrected chi connectivity index (χ3v) is 5.96. The molecule has 0 radical (unpaired) electrons. The topological polar surface area (TPSA) is 32.3 Å². The minimum atomic E-state index is 0.111. The van der Waals surface area contributed by atoms with E-state index in [0.29, 0.717) is 5.92 Å². The van der Waals surface area contributed by atoms with Crippen molar-refractivity contribution in [3.05, 3.63) is 65.2 Å². The second-order valence-corrected chi connectivity index (χ2v) is 8.23. The molecule has 3 rings (SSSR count).